The molecule has 0 aromatic rings. The zero-order valence-electron chi connectivity index (χ0n) is 15.9. The SMILES string of the molecule is Br[C]1C(Br)(Br)C(Br)(Br)C(Br)(Br)C(Br)(Br)C(Br)(Br)C(Br)(Br)C(Br)(Br)C(Br)(Br)C(Br)(Br)C(Br)(Br)C(Br)(Br)C1(Br)Br. The Bertz CT molecular complexity index is 848. The molecule has 1 saturated carbocycles. The van der Waals surface area contributed by atoms with E-state index in [0.717, 1.165) is 0 Å². The highest BCUT2D eigenvalue weighted by atomic mass is 80.0. The van der Waals surface area contributed by atoms with Crippen LogP contribution >= 0.6 is 398 Å². The van der Waals surface area contributed by atoms with Gasteiger partial charge in [0, 0.05) is 0 Å². The third-order valence-electron chi connectivity index (χ3n) is 4.89. The number of hydrogen-bond acceptors (Lipinski definition) is 0. The zero-order chi connectivity index (χ0) is 31.6. The second kappa shape index (κ2) is 14.9. The van der Waals surface area contributed by atoms with Crippen LogP contribution in [0.15, 0.2) is 0 Å². The lowest BCUT2D eigenvalue weighted by Crippen LogP contribution is -2.71. The van der Waals surface area contributed by atoms with Crippen LogP contribution < -0.4 is 0 Å². The smallest absolute Gasteiger partial charge is 0.0785 e. The van der Waals surface area contributed by atoms with Crippen LogP contribution in [0.25, 0.3) is 0 Å². The fourth-order valence-electron chi connectivity index (χ4n) is 2.44. The molecule has 0 atom stereocenters. The summed E-state index contributed by atoms with van der Waals surface area (Å²) in [7, 11) is 0. The molecule has 0 N–H and O–H groups in total. The Hall–Kier alpha value is 12.0. The van der Waals surface area contributed by atoms with E-state index in [9.17, 15) is 0 Å². The third kappa shape index (κ3) is 7.01. The first-order valence-electron chi connectivity index (χ1n) is 7.97. The molecule has 0 unspecified atom stereocenters. The van der Waals surface area contributed by atoms with Crippen molar-refractivity contribution in [3.8, 4) is 0 Å². The summed E-state index contributed by atoms with van der Waals surface area (Å²) < 4.78 is -13.6. The van der Waals surface area contributed by atoms with Crippen LogP contribution in [0.5, 0.6) is 0 Å². The van der Waals surface area contributed by atoms with E-state index in [1.807, 2.05) is 0 Å². The van der Waals surface area contributed by atoms with E-state index in [4.69, 9.17) is 0 Å². The Morgan fingerprint density at radius 3 is 0.447 bits per heavy atom. The highest BCUT2D eigenvalue weighted by Gasteiger charge is 2.83. The van der Waals surface area contributed by atoms with Crippen LogP contribution in [-0.2, 0) is 0 Å². The van der Waals surface area contributed by atoms with Crippen molar-refractivity contribution in [2.45, 2.75) is 38.8 Å². The van der Waals surface area contributed by atoms with Gasteiger partial charge in [-0.1, -0.05) is 398 Å². The van der Waals surface area contributed by atoms with Gasteiger partial charge in [-0.3, -0.25) is 0 Å². The van der Waals surface area contributed by atoms with Gasteiger partial charge in [-0.05, 0) is 0 Å². The van der Waals surface area contributed by atoms with Gasteiger partial charge in [-0.25, -0.2) is 0 Å². The quantitative estimate of drug-likeness (QED) is 0.212. The van der Waals surface area contributed by atoms with Crippen LogP contribution in [0, 0.1) is 4.83 Å². The molecule has 0 amide bonds. The minimum absolute atomic E-state index is 0.620. The number of halogens is 25. The maximum absolute atomic E-state index is 3.95. The number of alkyl halides is 24. The first kappa shape index (κ1) is 48.0. The summed E-state index contributed by atoms with van der Waals surface area (Å²) >= 11 is 98.4. The zero-order valence-corrected chi connectivity index (χ0v) is 55.6. The first-order chi connectivity index (χ1) is 15.9. The molecular formula is C13Br25. The number of hydrogen-bond donors (Lipinski definition) is 0. The lowest BCUT2D eigenvalue weighted by atomic mass is 10.0. The van der Waals surface area contributed by atoms with E-state index in [1.165, 1.54) is 0 Å². The van der Waals surface area contributed by atoms with Gasteiger partial charge in [0.2, 0.25) is 0 Å². The molecule has 1 rings (SSSR count). The summed E-state index contributed by atoms with van der Waals surface area (Å²) in [6, 6.07) is 0. The Morgan fingerprint density at radius 2 is 0.316 bits per heavy atom. The lowest BCUT2D eigenvalue weighted by molar-refractivity contribution is 0.552. The maximum Gasteiger partial charge on any atom is 0.135 e. The third-order valence-corrected chi connectivity index (χ3v) is 59.4. The van der Waals surface area contributed by atoms with E-state index >= 15 is 0 Å². The van der Waals surface area contributed by atoms with Crippen molar-refractivity contribution in [2.24, 2.45) is 0 Å². The molecule has 38 heavy (non-hydrogen) atoms. The Morgan fingerprint density at radius 1 is 0.211 bits per heavy atom. The summed E-state index contributed by atoms with van der Waals surface area (Å²) in [6.07, 6.45) is 0. The molecule has 0 heterocycles. The molecule has 1 aliphatic carbocycles. The van der Waals surface area contributed by atoms with Crippen molar-refractivity contribution in [1.82, 2.24) is 0 Å². The molecule has 1 fully saturated rings. The van der Waals surface area contributed by atoms with Crippen LogP contribution in [-0.4, -0.2) is 38.8 Å². The predicted molar refractivity (Wildman–Crippen MR) is 259 cm³/mol. The minimum atomic E-state index is -1.15. The molecule has 0 bridgehead atoms. The van der Waals surface area contributed by atoms with Crippen molar-refractivity contribution in [1.29, 1.82) is 0 Å². The van der Waals surface area contributed by atoms with Crippen molar-refractivity contribution >= 4 is 398 Å². The van der Waals surface area contributed by atoms with E-state index < -0.39 is 38.8 Å². The minimum Gasteiger partial charge on any atom is -0.0785 e. The van der Waals surface area contributed by atoms with Crippen LogP contribution in [0.1, 0.15) is 0 Å². The largest absolute Gasteiger partial charge is 0.135 e. The fraction of sp³-hybridized carbons (Fsp3) is 0.923. The maximum atomic E-state index is 3.95. The van der Waals surface area contributed by atoms with Crippen molar-refractivity contribution in [3.05, 3.63) is 4.83 Å². The van der Waals surface area contributed by atoms with Gasteiger partial charge < -0.3 is 0 Å². The van der Waals surface area contributed by atoms with Gasteiger partial charge in [-0.15, -0.1) is 0 Å². The molecule has 1 aliphatic rings. The average molecular weight is 2150 g/mol. The first-order valence-corrected chi connectivity index (χ1v) is 27.8. The van der Waals surface area contributed by atoms with Gasteiger partial charge in [0.15, 0.2) is 0 Å². The van der Waals surface area contributed by atoms with Crippen molar-refractivity contribution < 1.29 is 0 Å². The summed E-state index contributed by atoms with van der Waals surface area (Å²) in [6.45, 7) is 0. The Balaban J connectivity index is 4.56. The normalized spacial score (nSPS) is 33.7. The van der Waals surface area contributed by atoms with Crippen LogP contribution in [0.3, 0.4) is 0 Å². The molecule has 0 aromatic heterocycles. The molecule has 0 aliphatic heterocycles. The number of rotatable bonds is 0. The molecule has 0 saturated heterocycles. The van der Waals surface area contributed by atoms with E-state index in [0.29, 0.717) is 4.83 Å². The van der Waals surface area contributed by atoms with Crippen molar-refractivity contribution in [2.75, 3.05) is 0 Å². The molecule has 0 spiro atoms. The highest BCUT2D eigenvalue weighted by Crippen LogP contribution is 2.83. The Kier molecular flexibility index (Phi) is 18.8. The van der Waals surface area contributed by atoms with Crippen LogP contribution in [0.2, 0.25) is 0 Å². The standard InChI is InChI=1S/C13Br25/c14-1-2(15,16)4(19,20)6(23,24)8(27,28)10(31,32)12(35,36)13(37,38)11(33,34)9(29,30)7(25,26)5(21,22)3(1,17)18. The summed E-state index contributed by atoms with van der Waals surface area (Å²) in [5.74, 6) is 0. The molecule has 25 heteroatoms. The van der Waals surface area contributed by atoms with E-state index in [-0.39, 0.29) is 0 Å². The summed E-state index contributed by atoms with van der Waals surface area (Å²) in [4.78, 5) is 0.620. The van der Waals surface area contributed by atoms with E-state index in [2.05, 4.69) is 398 Å². The monoisotopic (exact) mass is 2130 g/mol. The summed E-state index contributed by atoms with van der Waals surface area (Å²) in [5.41, 5.74) is 0. The average Bonchev–Trinajstić information content (AvgIpc) is 2.70. The second-order valence-corrected chi connectivity index (χ2v) is 49.3. The van der Waals surface area contributed by atoms with Gasteiger partial charge in [-0.2, -0.15) is 0 Å². The van der Waals surface area contributed by atoms with Crippen molar-refractivity contribution in [3.63, 3.8) is 0 Å². The van der Waals surface area contributed by atoms with E-state index in [1.54, 1.807) is 0 Å². The van der Waals surface area contributed by atoms with Crippen LogP contribution in [0.4, 0.5) is 0 Å². The summed E-state index contributed by atoms with van der Waals surface area (Å²) in [5, 5.41) is 0. The molecule has 0 nitrogen and oxygen atoms in total. The highest BCUT2D eigenvalue weighted by molar-refractivity contribution is 9.39. The lowest BCUT2D eigenvalue weighted by Gasteiger charge is -2.60. The topological polar surface area (TPSA) is 0 Å². The Labute approximate surface area is 431 Å². The second-order valence-electron chi connectivity index (χ2n) is 7.21. The van der Waals surface area contributed by atoms with Gasteiger partial charge in [0.05, 0.1) is 0 Å². The van der Waals surface area contributed by atoms with Gasteiger partial charge in [0.25, 0.3) is 0 Å². The molecular weight excluding hydrogens is 2150 g/mol. The van der Waals surface area contributed by atoms with Gasteiger partial charge in [0.1, 0.15) is 43.6 Å². The predicted octanol–water partition coefficient (Wildman–Crippen LogP) is 18.8. The molecule has 0 aromatic carbocycles. The fourth-order valence-corrected chi connectivity index (χ4v) is 29.7. The van der Waals surface area contributed by atoms with Gasteiger partial charge >= 0.3 is 0 Å². The molecule has 227 valence electrons. The molecule has 1 radical (unpaired) electrons.